The highest BCUT2D eigenvalue weighted by molar-refractivity contribution is 5.94. The summed E-state index contributed by atoms with van der Waals surface area (Å²) in [7, 11) is 0. The fraction of sp³-hybridized carbons (Fsp3) is 0.562. The monoisotopic (exact) mass is 258 g/mol. The molecule has 1 aliphatic heterocycles. The molecule has 0 radical (unpaired) electrons. The Balaban J connectivity index is 1.70. The summed E-state index contributed by atoms with van der Waals surface area (Å²) in [6.07, 6.45) is 6.06. The van der Waals surface area contributed by atoms with Crippen molar-refractivity contribution < 1.29 is 4.79 Å². The first kappa shape index (κ1) is 12.7. The van der Waals surface area contributed by atoms with Crippen molar-refractivity contribution in [2.45, 2.75) is 38.1 Å². The van der Waals surface area contributed by atoms with Crippen molar-refractivity contribution in [1.82, 2.24) is 10.6 Å². The molecule has 1 aliphatic carbocycles. The van der Waals surface area contributed by atoms with Gasteiger partial charge in [0.05, 0.1) is 0 Å². The van der Waals surface area contributed by atoms with Crippen molar-refractivity contribution >= 4 is 5.91 Å². The van der Waals surface area contributed by atoms with E-state index in [1.807, 2.05) is 30.3 Å². The Morgan fingerprint density at radius 1 is 1.16 bits per heavy atom. The molecule has 1 unspecified atom stereocenters. The van der Waals surface area contributed by atoms with Gasteiger partial charge >= 0.3 is 0 Å². The third-order valence-corrected chi connectivity index (χ3v) is 4.85. The zero-order valence-corrected chi connectivity index (χ0v) is 11.3. The molecule has 1 aromatic carbocycles. The van der Waals surface area contributed by atoms with E-state index in [9.17, 15) is 4.79 Å². The predicted octanol–water partition coefficient (Wildman–Crippen LogP) is 2.34. The number of rotatable bonds is 2. The maximum absolute atomic E-state index is 12.3. The van der Waals surface area contributed by atoms with Crippen LogP contribution in [0.25, 0.3) is 0 Å². The molecule has 3 nitrogen and oxygen atoms in total. The number of benzene rings is 1. The highest BCUT2D eigenvalue weighted by Crippen LogP contribution is 2.45. The fourth-order valence-corrected chi connectivity index (χ4v) is 3.72. The summed E-state index contributed by atoms with van der Waals surface area (Å²) in [4.78, 5) is 12.3. The summed E-state index contributed by atoms with van der Waals surface area (Å²) in [5, 5.41) is 6.72. The van der Waals surface area contributed by atoms with E-state index in [1.165, 1.54) is 25.7 Å². The van der Waals surface area contributed by atoms with Crippen LogP contribution in [0.15, 0.2) is 30.3 Å². The summed E-state index contributed by atoms with van der Waals surface area (Å²) in [5.74, 6) is 0.0883. The van der Waals surface area contributed by atoms with Gasteiger partial charge in [-0.3, -0.25) is 4.79 Å². The molecule has 19 heavy (non-hydrogen) atoms. The average Bonchev–Trinajstić information content (AvgIpc) is 2.83. The van der Waals surface area contributed by atoms with Crippen LogP contribution in [0.2, 0.25) is 0 Å². The molecule has 102 valence electrons. The molecule has 0 aromatic heterocycles. The molecule has 1 atom stereocenters. The van der Waals surface area contributed by atoms with Crippen LogP contribution in [0.4, 0.5) is 0 Å². The molecule has 1 heterocycles. The summed E-state index contributed by atoms with van der Waals surface area (Å²) < 4.78 is 0. The van der Waals surface area contributed by atoms with E-state index in [2.05, 4.69) is 10.6 Å². The lowest BCUT2D eigenvalue weighted by Gasteiger charge is -2.39. The van der Waals surface area contributed by atoms with E-state index in [0.29, 0.717) is 11.5 Å². The minimum Gasteiger partial charge on any atom is -0.349 e. The van der Waals surface area contributed by atoms with E-state index in [4.69, 9.17) is 0 Å². The first-order chi connectivity index (χ1) is 9.30. The Hall–Kier alpha value is -1.35. The smallest absolute Gasteiger partial charge is 0.251 e. The third-order valence-electron chi connectivity index (χ3n) is 4.85. The van der Waals surface area contributed by atoms with Gasteiger partial charge in [-0.25, -0.2) is 0 Å². The summed E-state index contributed by atoms with van der Waals surface area (Å²) in [6, 6.07) is 9.93. The molecule has 1 amide bonds. The highest BCUT2D eigenvalue weighted by atomic mass is 16.1. The standard InChI is InChI=1S/C16H22N2O/c19-15(13-5-2-1-3-6-13)18-14-7-4-8-16(14)9-11-17-12-10-16/h1-3,5-6,14,17H,4,7-12H2,(H,18,19). The zero-order valence-electron chi connectivity index (χ0n) is 11.3. The van der Waals surface area contributed by atoms with Gasteiger partial charge < -0.3 is 10.6 Å². The minimum absolute atomic E-state index is 0.0883. The number of carbonyl (C=O) groups is 1. The maximum atomic E-state index is 12.3. The summed E-state index contributed by atoms with van der Waals surface area (Å²) in [6.45, 7) is 2.19. The van der Waals surface area contributed by atoms with Gasteiger partial charge in [0.2, 0.25) is 0 Å². The second-order valence-electron chi connectivity index (χ2n) is 5.90. The largest absolute Gasteiger partial charge is 0.349 e. The quantitative estimate of drug-likeness (QED) is 0.855. The van der Waals surface area contributed by atoms with Crippen molar-refractivity contribution in [2.75, 3.05) is 13.1 Å². The van der Waals surface area contributed by atoms with E-state index in [0.717, 1.165) is 25.1 Å². The van der Waals surface area contributed by atoms with Gasteiger partial charge in [0.1, 0.15) is 0 Å². The van der Waals surface area contributed by atoms with Crippen molar-refractivity contribution in [3.05, 3.63) is 35.9 Å². The molecule has 2 N–H and O–H groups in total. The van der Waals surface area contributed by atoms with Crippen molar-refractivity contribution in [3.63, 3.8) is 0 Å². The van der Waals surface area contributed by atoms with Gasteiger partial charge in [-0.2, -0.15) is 0 Å². The van der Waals surface area contributed by atoms with Gasteiger partial charge in [0.15, 0.2) is 0 Å². The van der Waals surface area contributed by atoms with Gasteiger partial charge in [-0.1, -0.05) is 24.6 Å². The minimum atomic E-state index is 0.0883. The average molecular weight is 258 g/mol. The number of carbonyl (C=O) groups excluding carboxylic acids is 1. The van der Waals surface area contributed by atoms with Crippen molar-refractivity contribution in [3.8, 4) is 0 Å². The molecule has 2 fully saturated rings. The Morgan fingerprint density at radius 3 is 2.63 bits per heavy atom. The van der Waals surface area contributed by atoms with E-state index >= 15 is 0 Å². The van der Waals surface area contributed by atoms with Crippen LogP contribution in [0, 0.1) is 5.41 Å². The lowest BCUT2D eigenvalue weighted by molar-refractivity contribution is 0.0865. The molecule has 2 aliphatic rings. The predicted molar refractivity (Wildman–Crippen MR) is 76.1 cm³/mol. The molecule has 1 spiro atoms. The van der Waals surface area contributed by atoms with E-state index < -0.39 is 0 Å². The molecule has 3 rings (SSSR count). The van der Waals surface area contributed by atoms with Crippen LogP contribution in [0.3, 0.4) is 0 Å². The molecular weight excluding hydrogens is 236 g/mol. The number of hydrogen-bond acceptors (Lipinski definition) is 2. The highest BCUT2D eigenvalue weighted by Gasteiger charge is 2.43. The van der Waals surface area contributed by atoms with Crippen molar-refractivity contribution in [1.29, 1.82) is 0 Å². The van der Waals surface area contributed by atoms with Gasteiger partial charge in [-0.05, 0) is 56.3 Å². The Morgan fingerprint density at radius 2 is 1.89 bits per heavy atom. The lowest BCUT2D eigenvalue weighted by Crippen LogP contribution is -2.49. The van der Waals surface area contributed by atoms with Gasteiger partial charge in [0.25, 0.3) is 5.91 Å². The molecule has 3 heteroatoms. The topological polar surface area (TPSA) is 41.1 Å². The first-order valence-electron chi connectivity index (χ1n) is 7.37. The summed E-state index contributed by atoms with van der Waals surface area (Å²) >= 11 is 0. The number of amides is 1. The summed E-state index contributed by atoms with van der Waals surface area (Å²) in [5.41, 5.74) is 1.13. The van der Waals surface area contributed by atoms with Crippen LogP contribution < -0.4 is 10.6 Å². The molecule has 1 saturated heterocycles. The van der Waals surface area contributed by atoms with E-state index in [-0.39, 0.29) is 5.91 Å². The van der Waals surface area contributed by atoms with Crippen molar-refractivity contribution in [2.24, 2.45) is 5.41 Å². The van der Waals surface area contributed by atoms with Crippen LogP contribution >= 0.6 is 0 Å². The van der Waals surface area contributed by atoms with E-state index in [1.54, 1.807) is 0 Å². The Bertz CT molecular complexity index is 437. The maximum Gasteiger partial charge on any atom is 0.251 e. The third kappa shape index (κ3) is 2.52. The van der Waals surface area contributed by atoms with Gasteiger partial charge in [0, 0.05) is 11.6 Å². The second kappa shape index (κ2) is 5.33. The fourth-order valence-electron chi connectivity index (χ4n) is 3.72. The first-order valence-corrected chi connectivity index (χ1v) is 7.37. The molecular formula is C16H22N2O. The Kier molecular flexibility index (Phi) is 3.56. The zero-order chi connectivity index (χ0) is 13.1. The lowest BCUT2D eigenvalue weighted by atomic mass is 9.74. The Labute approximate surface area is 114 Å². The van der Waals surface area contributed by atoms with Crippen LogP contribution in [0.5, 0.6) is 0 Å². The molecule has 1 aromatic rings. The molecule has 0 bridgehead atoms. The SMILES string of the molecule is O=C(NC1CCCC12CCNCC2)c1ccccc1. The van der Waals surface area contributed by atoms with Crippen LogP contribution in [-0.4, -0.2) is 25.0 Å². The number of hydrogen-bond donors (Lipinski definition) is 2. The van der Waals surface area contributed by atoms with Crippen LogP contribution in [0.1, 0.15) is 42.5 Å². The van der Waals surface area contributed by atoms with Gasteiger partial charge in [-0.15, -0.1) is 0 Å². The molecule has 1 saturated carbocycles. The number of nitrogens with one attached hydrogen (secondary N) is 2. The van der Waals surface area contributed by atoms with Crippen LogP contribution in [-0.2, 0) is 0 Å². The normalized spacial score (nSPS) is 25.4. The number of piperidine rings is 1. The second-order valence-corrected chi connectivity index (χ2v) is 5.90.